The van der Waals surface area contributed by atoms with E-state index in [1.807, 2.05) is 24.4 Å². The van der Waals surface area contributed by atoms with E-state index in [1.54, 1.807) is 24.3 Å². The highest BCUT2D eigenvalue weighted by Gasteiger charge is 2.37. The van der Waals surface area contributed by atoms with E-state index in [4.69, 9.17) is 0 Å². The summed E-state index contributed by atoms with van der Waals surface area (Å²) in [6.45, 7) is 0.292. The molecule has 4 heteroatoms. The molecule has 2 aliphatic rings. The molecule has 0 unspecified atom stereocenters. The van der Waals surface area contributed by atoms with Gasteiger partial charge in [0.2, 0.25) is 0 Å². The molecule has 0 fully saturated rings. The third-order valence-corrected chi connectivity index (χ3v) is 4.24. The Morgan fingerprint density at radius 3 is 2.32 bits per heavy atom. The second kappa shape index (κ2) is 4.91. The van der Waals surface area contributed by atoms with Crippen LogP contribution in [0.4, 0.5) is 0 Å². The molecular weight excluding hydrogens is 276 g/mol. The highest BCUT2D eigenvalue weighted by Crippen LogP contribution is 2.30. The van der Waals surface area contributed by atoms with E-state index in [0.717, 1.165) is 12.0 Å². The fraction of sp³-hybridized carbons (Fsp3) is 0.167. The average molecular weight is 290 g/mol. The van der Waals surface area contributed by atoms with Crippen molar-refractivity contribution in [3.05, 3.63) is 70.8 Å². The van der Waals surface area contributed by atoms with Crippen molar-refractivity contribution in [3.63, 3.8) is 0 Å². The number of rotatable bonds is 2. The SMILES string of the molecule is O=C1c2ccccc2C(=O)N1C[C@H]1N=CCc2ccccc21. The van der Waals surface area contributed by atoms with Crippen molar-refractivity contribution < 1.29 is 9.59 Å². The van der Waals surface area contributed by atoms with Gasteiger partial charge in [-0.05, 0) is 23.3 Å². The van der Waals surface area contributed by atoms with Gasteiger partial charge in [-0.3, -0.25) is 19.5 Å². The summed E-state index contributed by atoms with van der Waals surface area (Å²) >= 11 is 0. The molecule has 2 aromatic rings. The van der Waals surface area contributed by atoms with E-state index in [1.165, 1.54) is 10.5 Å². The molecule has 108 valence electrons. The number of amides is 2. The standard InChI is InChI=1S/C18H14N2O2/c21-17-14-7-3-4-8-15(14)18(22)20(17)11-16-13-6-2-1-5-12(13)9-10-19-16/h1-8,10,16H,9,11H2/t16-/m1/s1. The number of hydrogen-bond acceptors (Lipinski definition) is 3. The third-order valence-electron chi connectivity index (χ3n) is 4.24. The molecule has 0 aliphatic carbocycles. The van der Waals surface area contributed by atoms with Crippen LogP contribution in [-0.2, 0) is 6.42 Å². The minimum absolute atomic E-state index is 0.174. The fourth-order valence-electron chi connectivity index (χ4n) is 3.13. The van der Waals surface area contributed by atoms with Crippen LogP contribution in [0.1, 0.15) is 37.9 Å². The van der Waals surface area contributed by atoms with Gasteiger partial charge in [0, 0.05) is 12.6 Å². The summed E-state index contributed by atoms with van der Waals surface area (Å²) in [5.41, 5.74) is 3.28. The van der Waals surface area contributed by atoms with Gasteiger partial charge < -0.3 is 0 Å². The number of aliphatic imine (C=N–C) groups is 1. The molecule has 0 aromatic heterocycles. The molecule has 1 atom stereocenters. The maximum absolute atomic E-state index is 12.4. The molecule has 2 aromatic carbocycles. The zero-order valence-electron chi connectivity index (χ0n) is 11.9. The fourth-order valence-corrected chi connectivity index (χ4v) is 3.13. The summed E-state index contributed by atoms with van der Waals surface area (Å²) in [5.74, 6) is -0.447. The molecule has 22 heavy (non-hydrogen) atoms. The van der Waals surface area contributed by atoms with Crippen LogP contribution < -0.4 is 0 Å². The lowest BCUT2D eigenvalue weighted by atomic mass is 9.96. The molecule has 0 N–H and O–H groups in total. The highest BCUT2D eigenvalue weighted by atomic mass is 16.2. The molecule has 2 amide bonds. The molecule has 0 radical (unpaired) electrons. The zero-order valence-corrected chi connectivity index (χ0v) is 11.9. The lowest BCUT2D eigenvalue weighted by molar-refractivity contribution is 0.0645. The van der Waals surface area contributed by atoms with Gasteiger partial charge >= 0.3 is 0 Å². The van der Waals surface area contributed by atoms with Crippen LogP contribution in [0.25, 0.3) is 0 Å². The summed E-state index contributed by atoms with van der Waals surface area (Å²) in [4.78, 5) is 30.7. The lowest BCUT2D eigenvalue weighted by Crippen LogP contribution is -2.34. The van der Waals surface area contributed by atoms with Gasteiger partial charge in [-0.1, -0.05) is 36.4 Å². The molecule has 4 rings (SSSR count). The highest BCUT2D eigenvalue weighted by molar-refractivity contribution is 6.21. The van der Waals surface area contributed by atoms with Gasteiger partial charge in [0.25, 0.3) is 11.8 Å². The first-order valence-electron chi connectivity index (χ1n) is 7.30. The molecule has 0 saturated carbocycles. The number of nitrogens with zero attached hydrogens (tertiary/aromatic N) is 2. The summed E-state index contributed by atoms with van der Waals surface area (Å²) in [6, 6.07) is 14.8. The first kappa shape index (κ1) is 13.0. The van der Waals surface area contributed by atoms with E-state index in [9.17, 15) is 9.59 Å². The normalized spacial score (nSPS) is 19.3. The predicted molar refractivity (Wildman–Crippen MR) is 83.2 cm³/mol. The second-order valence-electron chi connectivity index (χ2n) is 5.52. The molecule has 0 bridgehead atoms. The van der Waals surface area contributed by atoms with Crippen molar-refractivity contribution in [3.8, 4) is 0 Å². The van der Waals surface area contributed by atoms with Crippen LogP contribution in [0.5, 0.6) is 0 Å². The summed E-state index contributed by atoms with van der Waals surface area (Å²) in [5, 5.41) is 0. The number of carbonyl (C=O) groups is 2. The number of benzene rings is 2. The molecule has 4 nitrogen and oxygen atoms in total. The van der Waals surface area contributed by atoms with Gasteiger partial charge in [0.05, 0.1) is 23.7 Å². The van der Waals surface area contributed by atoms with Crippen LogP contribution in [0.15, 0.2) is 53.5 Å². The first-order valence-corrected chi connectivity index (χ1v) is 7.30. The van der Waals surface area contributed by atoms with Crippen LogP contribution in [0.3, 0.4) is 0 Å². The number of imide groups is 1. The predicted octanol–water partition coefficient (Wildman–Crippen LogP) is 2.65. The van der Waals surface area contributed by atoms with Crippen LogP contribution in [0.2, 0.25) is 0 Å². The molecule has 0 saturated heterocycles. The van der Waals surface area contributed by atoms with Gasteiger partial charge in [-0.25, -0.2) is 0 Å². The average Bonchev–Trinajstić information content (AvgIpc) is 2.81. The third kappa shape index (κ3) is 1.88. The van der Waals surface area contributed by atoms with Gasteiger partial charge in [0.1, 0.15) is 0 Å². The van der Waals surface area contributed by atoms with Crippen molar-refractivity contribution in [1.82, 2.24) is 4.90 Å². The van der Waals surface area contributed by atoms with E-state index >= 15 is 0 Å². The van der Waals surface area contributed by atoms with Gasteiger partial charge in [-0.15, -0.1) is 0 Å². The Bertz CT molecular complexity index is 775. The van der Waals surface area contributed by atoms with Crippen LogP contribution in [-0.4, -0.2) is 29.5 Å². The Hall–Kier alpha value is -2.75. The largest absolute Gasteiger partial charge is 0.287 e. The maximum Gasteiger partial charge on any atom is 0.261 e. The van der Waals surface area contributed by atoms with Gasteiger partial charge in [0.15, 0.2) is 0 Å². The van der Waals surface area contributed by atoms with Gasteiger partial charge in [-0.2, -0.15) is 0 Å². The monoisotopic (exact) mass is 290 g/mol. The number of carbonyl (C=O) groups excluding carboxylic acids is 2. The number of hydrogen-bond donors (Lipinski definition) is 0. The Morgan fingerprint density at radius 2 is 1.59 bits per heavy atom. The van der Waals surface area contributed by atoms with Crippen LogP contribution >= 0.6 is 0 Å². The Balaban J connectivity index is 1.66. The van der Waals surface area contributed by atoms with E-state index < -0.39 is 0 Å². The van der Waals surface area contributed by atoms with Crippen molar-refractivity contribution in [1.29, 1.82) is 0 Å². The van der Waals surface area contributed by atoms with E-state index in [2.05, 4.69) is 11.1 Å². The molecule has 2 heterocycles. The van der Waals surface area contributed by atoms with E-state index in [-0.39, 0.29) is 17.9 Å². The summed E-state index contributed by atoms with van der Waals surface area (Å²) in [6.07, 6.45) is 2.67. The topological polar surface area (TPSA) is 49.7 Å². The number of fused-ring (bicyclic) bond motifs is 2. The van der Waals surface area contributed by atoms with Crippen molar-refractivity contribution >= 4 is 18.0 Å². The van der Waals surface area contributed by atoms with Crippen LogP contribution in [0, 0.1) is 0 Å². The van der Waals surface area contributed by atoms with Crippen molar-refractivity contribution in [2.24, 2.45) is 4.99 Å². The zero-order chi connectivity index (χ0) is 15.1. The minimum Gasteiger partial charge on any atom is -0.287 e. The van der Waals surface area contributed by atoms with Crippen molar-refractivity contribution in [2.75, 3.05) is 6.54 Å². The minimum atomic E-state index is -0.223. The lowest BCUT2D eigenvalue weighted by Gasteiger charge is -2.24. The Morgan fingerprint density at radius 1 is 0.955 bits per heavy atom. The molecule has 0 spiro atoms. The first-order chi connectivity index (χ1) is 10.8. The molecule has 2 aliphatic heterocycles. The maximum atomic E-state index is 12.4. The molecular formula is C18H14N2O2. The Kier molecular flexibility index (Phi) is 2.89. The van der Waals surface area contributed by atoms with Crippen molar-refractivity contribution in [2.45, 2.75) is 12.5 Å². The van der Waals surface area contributed by atoms with E-state index in [0.29, 0.717) is 17.7 Å². The second-order valence-corrected chi connectivity index (χ2v) is 5.52. The Labute approximate surface area is 128 Å². The summed E-state index contributed by atoms with van der Waals surface area (Å²) in [7, 11) is 0. The summed E-state index contributed by atoms with van der Waals surface area (Å²) < 4.78 is 0. The smallest absolute Gasteiger partial charge is 0.261 e. The quantitative estimate of drug-likeness (QED) is 0.798.